The highest BCUT2D eigenvalue weighted by atomic mass is 16.5. The van der Waals surface area contributed by atoms with Gasteiger partial charge in [-0.1, -0.05) is 0 Å². The predicted molar refractivity (Wildman–Crippen MR) is 61.1 cm³/mol. The number of aromatic nitrogens is 1. The molecule has 15 heavy (non-hydrogen) atoms. The van der Waals surface area contributed by atoms with E-state index >= 15 is 0 Å². The van der Waals surface area contributed by atoms with Crippen LogP contribution >= 0.6 is 0 Å². The van der Waals surface area contributed by atoms with E-state index in [1.54, 1.807) is 0 Å². The van der Waals surface area contributed by atoms with E-state index in [-0.39, 0.29) is 0 Å². The Balaban J connectivity index is 1.92. The van der Waals surface area contributed by atoms with E-state index in [2.05, 4.69) is 16.4 Å². The molecule has 2 rings (SSSR count). The van der Waals surface area contributed by atoms with Crippen molar-refractivity contribution in [3.63, 3.8) is 0 Å². The standard InChI is InChI=1S/C12H18N2O/c1-9-3-4-12(10(2)14-9)13-7-11-5-6-15-8-11/h3-4,11,13H,5-8H2,1-2H3. The van der Waals surface area contributed by atoms with Crippen LogP contribution in [0, 0.1) is 19.8 Å². The van der Waals surface area contributed by atoms with Crippen LogP contribution in [0.4, 0.5) is 5.69 Å². The molecule has 1 unspecified atom stereocenters. The molecule has 0 aromatic carbocycles. The largest absolute Gasteiger partial charge is 0.383 e. The van der Waals surface area contributed by atoms with Crippen LogP contribution in [0.5, 0.6) is 0 Å². The van der Waals surface area contributed by atoms with Gasteiger partial charge >= 0.3 is 0 Å². The van der Waals surface area contributed by atoms with Crippen LogP contribution in [-0.4, -0.2) is 24.7 Å². The van der Waals surface area contributed by atoms with Crippen molar-refractivity contribution in [1.82, 2.24) is 4.98 Å². The van der Waals surface area contributed by atoms with E-state index in [4.69, 9.17) is 4.74 Å². The summed E-state index contributed by atoms with van der Waals surface area (Å²) in [4.78, 5) is 4.43. The SMILES string of the molecule is Cc1ccc(NCC2CCOC2)c(C)n1. The molecule has 3 nitrogen and oxygen atoms in total. The van der Waals surface area contributed by atoms with E-state index in [1.807, 2.05) is 19.9 Å². The summed E-state index contributed by atoms with van der Waals surface area (Å²) in [5.74, 6) is 0.658. The van der Waals surface area contributed by atoms with E-state index < -0.39 is 0 Å². The average molecular weight is 206 g/mol. The molecule has 0 amide bonds. The molecule has 0 bridgehead atoms. The predicted octanol–water partition coefficient (Wildman–Crippen LogP) is 2.15. The first-order valence-electron chi connectivity index (χ1n) is 5.51. The summed E-state index contributed by atoms with van der Waals surface area (Å²) in [6.07, 6.45) is 1.17. The van der Waals surface area contributed by atoms with Crippen molar-refractivity contribution < 1.29 is 4.74 Å². The lowest BCUT2D eigenvalue weighted by Crippen LogP contribution is -2.15. The summed E-state index contributed by atoms with van der Waals surface area (Å²) >= 11 is 0. The molecule has 1 aromatic heterocycles. The Morgan fingerprint density at radius 2 is 2.33 bits per heavy atom. The molecule has 0 saturated carbocycles. The molecule has 0 aliphatic carbocycles. The molecule has 1 aromatic rings. The minimum atomic E-state index is 0.658. The molecule has 1 aliphatic heterocycles. The summed E-state index contributed by atoms with van der Waals surface area (Å²) in [5, 5.41) is 3.44. The summed E-state index contributed by atoms with van der Waals surface area (Å²) in [6.45, 7) is 6.86. The Labute approximate surface area is 90.9 Å². The van der Waals surface area contributed by atoms with Gasteiger partial charge in [0.2, 0.25) is 0 Å². The van der Waals surface area contributed by atoms with Crippen molar-refractivity contribution in [2.24, 2.45) is 5.92 Å². The van der Waals surface area contributed by atoms with Crippen molar-refractivity contribution >= 4 is 5.69 Å². The first-order chi connectivity index (χ1) is 7.25. The molecule has 1 atom stereocenters. The fourth-order valence-electron chi connectivity index (χ4n) is 1.87. The molecule has 2 heterocycles. The van der Waals surface area contributed by atoms with E-state index in [0.29, 0.717) is 5.92 Å². The van der Waals surface area contributed by atoms with Gasteiger partial charge in [-0.25, -0.2) is 0 Å². The molecule has 1 N–H and O–H groups in total. The topological polar surface area (TPSA) is 34.1 Å². The van der Waals surface area contributed by atoms with E-state index in [1.165, 1.54) is 6.42 Å². The number of aryl methyl sites for hydroxylation is 2. The minimum Gasteiger partial charge on any atom is -0.383 e. The van der Waals surface area contributed by atoms with Gasteiger partial charge in [0.05, 0.1) is 18.0 Å². The fourth-order valence-corrected chi connectivity index (χ4v) is 1.87. The molecular formula is C12H18N2O. The van der Waals surface area contributed by atoms with Gasteiger partial charge in [-0.05, 0) is 32.4 Å². The fraction of sp³-hybridized carbons (Fsp3) is 0.583. The Morgan fingerprint density at radius 1 is 1.47 bits per heavy atom. The zero-order valence-electron chi connectivity index (χ0n) is 9.42. The smallest absolute Gasteiger partial charge is 0.0606 e. The number of hydrogen-bond donors (Lipinski definition) is 1. The quantitative estimate of drug-likeness (QED) is 0.822. The summed E-state index contributed by atoms with van der Waals surface area (Å²) in [6, 6.07) is 4.15. The molecule has 1 aliphatic rings. The monoisotopic (exact) mass is 206 g/mol. The lowest BCUT2D eigenvalue weighted by atomic mass is 10.1. The second-order valence-corrected chi connectivity index (χ2v) is 4.20. The number of rotatable bonds is 3. The Bertz CT molecular complexity index is 332. The number of pyridine rings is 1. The van der Waals surface area contributed by atoms with Gasteiger partial charge in [0.1, 0.15) is 0 Å². The number of hydrogen-bond acceptors (Lipinski definition) is 3. The van der Waals surface area contributed by atoms with Gasteiger partial charge in [0, 0.05) is 24.8 Å². The van der Waals surface area contributed by atoms with Gasteiger partial charge in [-0.3, -0.25) is 4.98 Å². The Morgan fingerprint density at radius 3 is 3.00 bits per heavy atom. The molecule has 3 heteroatoms. The Kier molecular flexibility index (Phi) is 3.21. The maximum Gasteiger partial charge on any atom is 0.0606 e. The highest BCUT2D eigenvalue weighted by molar-refractivity contribution is 5.47. The first kappa shape index (κ1) is 10.4. The summed E-state index contributed by atoms with van der Waals surface area (Å²) < 4.78 is 5.34. The van der Waals surface area contributed by atoms with Crippen molar-refractivity contribution in [3.05, 3.63) is 23.5 Å². The van der Waals surface area contributed by atoms with E-state index in [0.717, 1.165) is 36.8 Å². The van der Waals surface area contributed by atoms with Crippen LogP contribution in [0.1, 0.15) is 17.8 Å². The minimum absolute atomic E-state index is 0.658. The summed E-state index contributed by atoms with van der Waals surface area (Å²) in [7, 11) is 0. The maximum atomic E-state index is 5.34. The number of anilines is 1. The van der Waals surface area contributed by atoms with Crippen molar-refractivity contribution in [2.45, 2.75) is 20.3 Å². The van der Waals surface area contributed by atoms with Gasteiger partial charge < -0.3 is 10.1 Å². The van der Waals surface area contributed by atoms with Crippen LogP contribution in [0.2, 0.25) is 0 Å². The molecule has 1 fully saturated rings. The number of nitrogens with zero attached hydrogens (tertiary/aromatic N) is 1. The third-order valence-electron chi connectivity index (χ3n) is 2.83. The van der Waals surface area contributed by atoms with Gasteiger partial charge in [0.15, 0.2) is 0 Å². The zero-order chi connectivity index (χ0) is 10.7. The average Bonchev–Trinajstić information content (AvgIpc) is 2.69. The van der Waals surface area contributed by atoms with Gasteiger partial charge in [-0.15, -0.1) is 0 Å². The van der Waals surface area contributed by atoms with Gasteiger partial charge in [-0.2, -0.15) is 0 Å². The first-order valence-corrected chi connectivity index (χ1v) is 5.51. The highest BCUT2D eigenvalue weighted by Gasteiger charge is 2.15. The molecule has 0 radical (unpaired) electrons. The number of ether oxygens (including phenoxy) is 1. The maximum absolute atomic E-state index is 5.34. The molecular weight excluding hydrogens is 188 g/mol. The normalized spacial score (nSPS) is 20.5. The lowest BCUT2D eigenvalue weighted by molar-refractivity contribution is 0.187. The van der Waals surface area contributed by atoms with Crippen LogP contribution in [-0.2, 0) is 4.74 Å². The van der Waals surface area contributed by atoms with Crippen LogP contribution < -0.4 is 5.32 Å². The highest BCUT2D eigenvalue weighted by Crippen LogP contribution is 2.16. The van der Waals surface area contributed by atoms with Gasteiger partial charge in [0.25, 0.3) is 0 Å². The lowest BCUT2D eigenvalue weighted by Gasteiger charge is -2.12. The Hall–Kier alpha value is -1.09. The summed E-state index contributed by atoms with van der Waals surface area (Å²) in [5.41, 5.74) is 3.30. The second-order valence-electron chi connectivity index (χ2n) is 4.20. The van der Waals surface area contributed by atoms with Crippen LogP contribution in [0.25, 0.3) is 0 Å². The van der Waals surface area contributed by atoms with Crippen LogP contribution in [0.3, 0.4) is 0 Å². The molecule has 1 saturated heterocycles. The second kappa shape index (κ2) is 4.62. The zero-order valence-corrected chi connectivity index (χ0v) is 9.42. The van der Waals surface area contributed by atoms with Crippen molar-refractivity contribution in [2.75, 3.05) is 25.1 Å². The third-order valence-corrected chi connectivity index (χ3v) is 2.83. The molecule has 0 spiro atoms. The number of nitrogens with one attached hydrogen (secondary N) is 1. The molecule has 82 valence electrons. The van der Waals surface area contributed by atoms with Crippen molar-refractivity contribution in [1.29, 1.82) is 0 Å². The third kappa shape index (κ3) is 2.69. The van der Waals surface area contributed by atoms with E-state index in [9.17, 15) is 0 Å². The van der Waals surface area contributed by atoms with Crippen molar-refractivity contribution in [3.8, 4) is 0 Å². The van der Waals surface area contributed by atoms with Crippen LogP contribution in [0.15, 0.2) is 12.1 Å².